The predicted molar refractivity (Wildman–Crippen MR) is 109 cm³/mol. The number of nitrogens with zero attached hydrogens (tertiary/aromatic N) is 1. The Labute approximate surface area is 169 Å². The van der Waals surface area contributed by atoms with E-state index in [4.69, 9.17) is 0 Å². The number of rotatable bonds is 7. The van der Waals surface area contributed by atoms with Crippen molar-refractivity contribution in [3.8, 4) is 0 Å². The van der Waals surface area contributed by atoms with Crippen LogP contribution in [0.3, 0.4) is 0 Å². The van der Waals surface area contributed by atoms with E-state index in [1.807, 2.05) is 24.3 Å². The highest BCUT2D eigenvalue weighted by Gasteiger charge is 2.25. The summed E-state index contributed by atoms with van der Waals surface area (Å²) in [5.74, 6) is -0.575. The van der Waals surface area contributed by atoms with Gasteiger partial charge in [-0.2, -0.15) is 0 Å². The van der Waals surface area contributed by atoms with E-state index in [2.05, 4.69) is 14.6 Å². The molecule has 6 nitrogen and oxygen atoms in total. The fourth-order valence-electron chi connectivity index (χ4n) is 3.99. The first-order chi connectivity index (χ1) is 14.0. The van der Waals surface area contributed by atoms with E-state index in [0.717, 1.165) is 30.5 Å². The zero-order valence-corrected chi connectivity index (χ0v) is 16.8. The average molecular weight is 418 g/mol. The maximum atomic E-state index is 14.2. The lowest BCUT2D eigenvalue weighted by atomic mass is 10.1. The Morgan fingerprint density at radius 1 is 1.17 bits per heavy atom. The number of aromatic amines is 1. The minimum absolute atomic E-state index is 0.0659. The number of sulfonamides is 1. The van der Waals surface area contributed by atoms with Crippen molar-refractivity contribution in [1.82, 2.24) is 14.6 Å². The quantitative estimate of drug-likeness (QED) is 0.552. The van der Waals surface area contributed by atoms with E-state index in [1.54, 1.807) is 6.07 Å². The van der Waals surface area contributed by atoms with Crippen molar-refractivity contribution in [2.24, 2.45) is 0 Å². The summed E-state index contributed by atoms with van der Waals surface area (Å²) in [5.41, 5.74) is 2.32. The number of aromatic nitrogens is 1. The molecule has 0 amide bonds. The molecule has 3 aromatic rings. The molecule has 0 radical (unpaired) electrons. The van der Waals surface area contributed by atoms with Crippen LogP contribution in [0.15, 0.2) is 53.6 Å². The highest BCUT2D eigenvalue weighted by atomic mass is 32.2. The summed E-state index contributed by atoms with van der Waals surface area (Å²) in [6, 6.07) is 12.2. The van der Waals surface area contributed by atoms with Crippen LogP contribution in [-0.4, -0.2) is 42.6 Å². The lowest BCUT2D eigenvalue weighted by molar-refractivity contribution is 0.153. The maximum absolute atomic E-state index is 14.2. The molecule has 3 N–H and O–H groups in total. The number of fused-ring (bicyclic) bond motifs is 1. The van der Waals surface area contributed by atoms with Crippen LogP contribution in [0.4, 0.5) is 4.39 Å². The molecule has 1 aliphatic rings. The van der Waals surface area contributed by atoms with Crippen molar-refractivity contribution >= 4 is 20.9 Å². The van der Waals surface area contributed by atoms with E-state index in [-0.39, 0.29) is 29.5 Å². The van der Waals surface area contributed by atoms with Gasteiger partial charge in [0.25, 0.3) is 0 Å². The largest absolute Gasteiger partial charge is 0.395 e. The minimum Gasteiger partial charge on any atom is -0.395 e. The number of hydrogen-bond acceptors (Lipinski definition) is 4. The van der Waals surface area contributed by atoms with Gasteiger partial charge < -0.3 is 10.1 Å². The highest BCUT2D eigenvalue weighted by molar-refractivity contribution is 7.89. The molecule has 0 bridgehead atoms. The van der Waals surface area contributed by atoms with Crippen LogP contribution in [-0.2, 0) is 23.1 Å². The van der Waals surface area contributed by atoms with Crippen LogP contribution in [0.1, 0.15) is 24.0 Å². The first-order valence-corrected chi connectivity index (χ1v) is 11.1. The Morgan fingerprint density at radius 2 is 1.97 bits per heavy atom. The SMILES string of the molecule is O=S(=O)(NCc1ccccc1CN1CCCC1CO)c1c[nH]c2cccc(F)c12. The maximum Gasteiger partial charge on any atom is 0.243 e. The van der Waals surface area contributed by atoms with Crippen molar-refractivity contribution in [3.05, 3.63) is 65.6 Å². The fourth-order valence-corrected chi connectivity index (χ4v) is 5.18. The van der Waals surface area contributed by atoms with Crippen LogP contribution in [0.2, 0.25) is 0 Å². The third kappa shape index (κ3) is 4.06. The van der Waals surface area contributed by atoms with Gasteiger partial charge in [-0.05, 0) is 42.6 Å². The Morgan fingerprint density at radius 3 is 2.76 bits per heavy atom. The van der Waals surface area contributed by atoms with Crippen molar-refractivity contribution in [2.75, 3.05) is 13.2 Å². The van der Waals surface area contributed by atoms with E-state index in [9.17, 15) is 17.9 Å². The van der Waals surface area contributed by atoms with Gasteiger partial charge in [-0.25, -0.2) is 17.5 Å². The predicted octanol–water partition coefficient (Wildman–Crippen LogP) is 2.74. The van der Waals surface area contributed by atoms with Crippen LogP contribution in [0, 0.1) is 5.82 Å². The summed E-state index contributed by atoms with van der Waals surface area (Å²) >= 11 is 0. The number of aliphatic hydroxyl groups excluding tert-OH is 1. The third-order valence-electron chi connectivity index (χ3n) is 5.56. The van der Waals surface area contributed by atoms with Crippen molar-refractivity contribution in [1.29, 1.82) is 0 Å². The second kappa shape index (κ2) is 8.23. The van der Waals surface area contributed by atoms with Gasteiger partial charge in [-0.1, -0.05) is 30.3 Å². The first kappa shape index (κ1) is 20.0. The van der Waals surface area contributed by atoms with Gasteiger partial charge in [0, 0.05) is 30.8 Å². The van der Waals surface area contributed by atoms with Gasteiger partial charge in [-0.3, -0.25) is 4.90 Å². The fraction of sp³-hybridized carbons (Fsp3) is 0.333. The van der Waals surface area contributed by atoms with Gasteiger partial charge in [0.2, 0.25) is 10.0 Å². The van der Waals surface area contributed by atoms with Gasteiger partial charge in [-0.15, -0.1) is 0 Å². The van der Waals surface area contributed by atoms with E-state index >= 15 is 0 Å². The smallest absolute Gasteiger partial charge is 0.243 e. The van der Waals surface area contributed by atoms with Crippen LogP contribution < -0.4 is 4.72 Å². The second-order valence-corrected chi connectivity index (χ2v) is 9.09. The summed E-state index contributed by atoms with van der Waals surface area (Å²) in [6.45, 7) is 1.81. The average Bonchev–Trinajstić information content (AvgIpc) is 3.35. The number of hydrogen-bond donors (Lipinski definition) is 3. The molecule has 4 rings (SSSR count). The molecule has 1 aliphatic heterocycles. The molecule has 2 aromatic carbocycles. The lowest BCUT2D eigenvalue weighted by Crippen LogP contribution is -2.32. The summed E-state index contributed by atoms with van der Waals surface area (Å²) < 4.78 is 42.5. The third-order valence-corrected chi connectivity index (χ3v) is 6.99. The second-order valence-electron chi connectivity index (χ2n) is 7.36. The molecule has 0 spiro atoms. The first-order valence-electron chi connectivity index (χ1n) is 9.66. The highest BCUT2D eigenvalue weighted by Crippen LogP contribution is 2.26. The minimum atomic E-state index is -3.90. The molecule has 0 saturated carbocycles. The topological polar surface area (TPSA) is 85.4 Å². The van der Waals surface area contributed by atoms with Gasteiger partial charge in [0.05, 0.1) is 12.0 Å². The summed E-state index contributed by atoms with van der Waals surface area (Å²) in [7, 11) is -3.90. The Bertz CT molecular complexity index is 1110. The molecule has 1 saturated heterocycles. The number of nitrogens with one attached hydrogen (secondary N) is 2. The van der Waals surface area contributed by atoms with Crippen LogP contribution >= 0.6 is 0 Å². The number of halogens is 1. The zero-order valence-electron chi connectivity index (χ0n) is 15.9. The molecular formula is C21H24FN3O3S. The number of H-pyrrole nitrogens is 1. The molecule has 1 aromatic heterocycles. The Balaban J connectivity index is 1.54. The van der Waals surface area contributed by atoms with Crippen LogP contribution in [0.5, 0.6) is 0 Å². The molecule has 0 aliphatic carbocycles. The lowest BCUT2D eigenvalue weighted by Gasteiger charge is -2.24. The zero-order chi connectivity index (χ0) is 20.4. The number of likely N-dealkylation sites (tertiary alicyclic amines) is 1. The molecule has 1 atom stereocenters. The van der Waals surface area contributed by atoms with E-state index in [1.165, 1.54) is 18.3 Å². The molecule has 1 fully saturated rings. The van der Waals surface area contributed by atoms with Crippen LogP contribution in [0.25, 0.3) is 10.9 Å². The van der Waals surface area contributed by atoms with Crippen molar-refractivity contribution in [3.63, 3.8) is 0 Å². The summed E-state index contributed by atoms with van der Waals surface area (Å²) in [5, 5.41) is 9.61. The molecular weight excluding hydrogens is 393 g/mol. The summed E-state index contributed by atoms with van der Waals surface area (Å²) in [4.78, 5) is 4.94. The Hall–Kier alpha value is -2.26. The normalized spacial score (nSPS) is 17.9. The molecule has 1 unspecified atom stereocenters. The Kier molecular flexibility index (Phi) is 5.69. The molecule has 2 heterocycles. The van der Waals surface area contributed by atoms with Gasteiger partial charge in [0.1, 0.15) is 10.7 Å². The number of aliphatic hydroxyl groups is 1. The van der Waals surface area contributed by atoms with Gasteiger partial charge >= 0.3 is 0 Å². The molecule has 29 heavy (non-hydrogen) atoms. The molecule has 154 valence electrons. The van der Waals surface area contributed by atoms with E-state index < -0.39 is 15.8 Å². The summed E-state index contributed by atoms with van der Waals surface area (Å²) in [6.07, 6.45) is 3.33. The van der Waals surface area contributed by atoms with Gasteiger partial charge in [0.15, 0.2) is 0 Å². The molecule has 8 heteroatoms. The van der Waals surface area contributed by atoms with E-state index in [0.29, 0.717) is 12.1 Å². The number of benzene rings is 2. The van der Waals surface area contributed by atoms with Crippen molar-refractivity contribution < 1.29 is 17.9 Å². The monoisotopic (exact) mass is 417 g/mol. The standard InChI is InChI=1S/C21H24FN3O3S/c22-18-8-3-9-19-21(18)20(12-23-19)29(27,28)24-11-15-5-1-2-6-16(15)13-25-10-4-7-17(25)14-26/h1-3,5-6,8-9,12,17,23-24,26H,4,7,10-11,13-14H2. The van der Waals surface area contributed by atoms with Crippen molar-refractivity contribution in [2.45, 2.75) is 36.9 Å².